The number of aliphatic imine (C=N–C) groups is 1. The van der Waals surface area contributed by atoms with Crippen LogP contribution in [0.5, 0.6) is 5.75 Å². The molecule has 0 spiro atoms. The van der Waals surface area contributed by atoms with Gasteiger partial charge in [-0.3, -0.25) is 4.99 Å². The van der Waals surface area contributed by atoms with Crippen LogP contribution in [0, 0.1) is 13.8 Å². The first-order chi connectivity index (χ1) is 11.7. The molecule has 0 aliphatic carbocycles. The number of benzene rings is 1. The molecule has 0 fully saturated rings. The van der Waals surface area contributed by atoms with E-state index in [-0.39, 0.29) is 17.6 Å². The van der Waals surface area contributed by atoms with Crippen LogP contribution in [0.4, 0.5) is 18.9 Å². The molecule has 9 heteroatoms. The average Bonchev–Trinajstić information content (AvgIpc) is 2.84. The van der Waals surface area contributed by atoms with Gasteiger partial charge >= 0.3 is 6.36 Å². The summed E-state index contributed by atoms with van der Waals surface area (Å²) in [7, 11) is 0. The lowest BCUT2D eigenvalue weighted by atomic mass is 10.00. The fourth-order valence-electron chi connectivity index (χ4n) is 2.45. The van der Waals surface area contributed by atoms with Crippen molar-refractivity contribution in [2.75, 3.05) is 11.9 Å². The Balaban J connectivity index is 1.95. The lowest BCUT2D eigenvalue weighted by Gasteiger charge is -2.11. The molecule has 0 aliphatic heterocycles. The second kappa shape index (κ2) is 7.45. The minimum absolute atomic E-state index is 0.0640. The zero-order valence-electron chi connectivity index (χ0n) is 14.0. The smallest absolute Gasteiger partial charge is 0.406 e. The zero-order chi connectivity index (χ0) is 18.6. The summed E-state index contributed by atoms with van der Waals surface area (Å²) in [6, 6.07) is 5.22. The van der Waals surface area contributed by atoms with Crippen LogP contribution in [0.25, 0.3) is 0 Å². The average molecular weight is 356 g/mol. The molecule has 2 rings (SSSR count). The van der Waals surface area contributed by atoms with Gasteiger partial charge in [0.05, 0.1) is 5.69 Å². The summed E-state index contributed by atoms with van der Waals surface area (Å²) in [5.74, 6) is 0.657. The summed E-state index contributed by atoms with van der Waals surface area (Å²) in [6.07, 6.45) is -4.72. The standard InChI is InChI=1S/C16H19F3N4O2/c1-9(14-10(2)23-25-11(14)3)8-21-15(20)22-12-4-6-13(7-5-12)24-16(17,18)19/h4-7,9H,8H2,1-3H3,(H3,20,21,22). The van der Waals surface area contributed by atoms with Crippen LogP contribution in [0.15, 0.2) is 33.8 Å². The Morgan fingerprint density at radius 2 is 1.96 bits per heavy atom. The van der Waals surface area contributed by atoms with Gasteiger partial charge in [-0.1, -0.05) is 12.1 Å². The van der Waals surface area contributed by atoms with E-state index in [4.69, 9.17) is 10.3 Å². The third-order valence-electron chi connectivity index (χ3n) is 3.48. The highest BCUT2D eigenvalue weighted by atomic mass is 19.4. The highest BCUT2D eigenvalue weighted by Gasteiger charge is 2.30. The van der Waals surface area contributed by atoms with Crippen LogP contribution in [-0.2, 0) is 0 Å². The predicted molar refractivity (Wildman–Crippen MR) is 87.6 cm³/mol. The van der Waals surface area contributed by atoms with Gasteiger partial charge in [-0.25, -0.2) is 0 Å². The Hall–Kier alpha value is -2.71. The van der Waals surface area contributed by atoms with Crippen molar-refractivity contribution in [1.82, 2.24) is 5.16 Å². The molecule has 0 bridgehead atoms. The maximum Gasteiger partial charge on any atom is 0.573 e. The topological polar surface area (TPSA) is 85.7 Å². The first kappa shape index (κ1) is 18.6. The van der Waals surface area contributed by atoms with Gasteiger partial charge in [-0.05, 0) is 38.1 Å². The van der Waals surface area contributed by atoms with E-state index < -0.39 is 6.36 Å². The van der Waals surface area contributed by atoms with Crippen molar-refractivity contribution in [3.8, 4) is 5.75 Å². The number of nitrogens with two attached hydrogens (primary N) is 1. The number of nitrogens with zero attached hydrogens (tertiary/aromatic N) is 2. The first-order valence-electron chi connectivity index (χ1n) is 7.51. The molecular formula is C16H19F3N4O2. The summed E-state index contributed by atoms with van der Waals surface area (Å²) >= 11 is 0. The molecule has 0 radical (unpaired) electrons. The number of aryl methyl sites for hydroxylation is 2. The number of alkyl halides is 3. The first-order valence-corrected chi connectivity index (χ1v) is 7.51. The van der Waals surface area contributed by atoms with Crippen LogP contribution >= 0.6 is 0 Å². The lowest BCUT2D eigenvalue weighted by molar-refractivity contribution is -0.274. The summed E-state index contributed by atoms with van der Waals surface area (Å²) in [5, 5.41) is 6.72. The fourth-order valence-corrected chi connectivity index (χ4v) is 2.45. The number of anilines is 1. The van der Waals surface area contributed by atoms with Crippen molar-refractivity contribution < 1.29 is 22.4 Å². The maximum absolute atomic E-state index is 12.1. The van der Waals surface area contributed by atoms with E-state index in [1.807, 2.05) is 20.8 Å². The predicted octanol–water partition coefficient (Wildman–Crippen LogP) is 3.72. The van der Waals surface area contributed by atoms with E-state index in [0.717, 1.165) is 17.0 Å². The number of hydrogen-bond donors (Lipinski definition) is 2. The molecule has 0 saturated heterocycles. The van der Waals surface area contributed by atoms with Gasteiger partial charge in [0.1, 0.15) is 11.5 Å². The maximum atomic E-state index is 12.1. The Kier molecular flexibility index (Phi) is 5.55. The fraction of sp³-hybridized carbons (Fsp3) is 0.375. The number of guanidine groups is 1. The van der Waals surface area contributed by atoms with E-state index in [9.17, 15) is 13.2 Å². The third-order valence-corrected chi connectivity index (χ3v) is 3.48. The molecule has 3 N–H and O–H groups in total. The summed E-state index contributed by atoms with van der Waals surface area (Å²) < 4.78 is 45.3. The third kappa shape index (κ3) is 5.40. The number of hydrogen-bond acceptors (Lipinski definition) is 4. The van der Waals surface area contributed by atoms with E-state index in [2.05, 4.69) is 20.2 Å². The van der Waals surface area contributed by atoms with Gasteiger partial charge in [0, 0.05) is 23.7 Å². The van der Waals surface area contributed by atoms with Gasteiger partial charge in [-0.2, -0.15) is 0 Å². The van der Waals surface area contributed by atoms with E-state index in [1.165, 1.54) is 24.3 Å². The highest BCUT2D eigenvalue weighted by molar-refractivity contribution is 5.92. The summed E-state index contributed by atoms with van der Waals surface area (Å²) in [5.41, 5.74) is 8.12. The van der Waals surface area contributed by atoms with Crippen molar-refractivity contribution in [2.45, 2.75) is 33.1 Å². The van der Waals surface area contributed by atoms with Crippen LogP contribution in [0.2, 0.25) is 0 Å². The molecule has 1 unspecified atom stereocenters. The molecule has 0 aliphatic rings. The monoisotopic (exact) mass is 356 g/mol. The molecule has 2 aromatic rings. The number of nitrogens with one attached hydrogen (secondary N) is 1. The largest absolute Gasteiger partial charge is 0.573 e. The van der Waals surface area contributed by atoms with E-state index >= 15 is 0 Å². The van der Waals surface area contributed by atoms with Gasteiger partial charge in [0.15, 0.2) is 5.96 Å². The second-order valence-corrected chi connectivity index (χ2v) is 5.56. The molecule has 1 atom stereocenters. The molecule has 6 nitrogen and oxygen atoms in total. The van der Waals surface area contributed by atoms with Gasteiger partial charge in [-0.15, -0.1) is 13.2 Å². The van der Waals surface area contributed by atoms with E-state index in [1.54, 1.807) is 0 Å². The van der Waals surface area contributed by atoms with Crippen molar-refractivity contribution in [1.29, 1.82) is 0 Å². The number of aromatic nitrogens is 1. The minimum Gasteiger partial charge on any atom is -0.406 e. The lowest BCUT2D eigenvalue weighted by Crippen LogP contribution is -2.23. The molecule has 0 amide bonds. The quantitative estimate of drug-likeness (QED) is 0.630. The van der Waals surface area contributed by atoms with Crippen molar-refractivity contribution in [2.24, 2.45) is 10.7 Å². The Bertz CT molecular complexity index is 719. The number of halogens is 3. The van der Waals surface area contributed by atoms with Crippen LogP contribution in [0.3, 0.4) is 0 Å². The second-order valence-electron chi connectivity index (χ2n) is 5.56. The normalized spacial score (nSPS) is 13.6. The number of ether oxygens (including phenoxy) is 1. The molecule has 136 valence electrons. The summed E-state index contributed by atoms with van der Waals surface area (Å²) in [6.45, 7) is 6.09. The molecule has 1 aromatic heterocycles. The molecule has 25 heavy (non-hydrogen) atoms. The highest BCUT2D eigenvalue weighted by Crippen LogP contribution is 2.24. The van der Waals surface area contributed by atoms with Gasteiger partial charge in [0.2, 0.25) is 0 Å². The van der Waals surface area contributed by atoms with Crippen LogP contribution in [0.1, 0.15) is 29.9 Å². The van der Waals surface area contributed by atoms with Gasteiger partial charge < -0.3 is 20.3 Å². The number of rotatable bonds is 5. The van der Waals surface area contributed by atoms with Crippen molar-refractivity contribution >= 4 is 11.6 Å². The summed E-state index contributed by atoms with van der Waals surface area (Å²) in [4.78, 5) is 4.24. The Morgan fingerprint density at radius 1 is 1.32 bits per heavy atom. The zero-order valence-corrected chi connectivity index (χ0v) is 14.0. The van der Waals surface area contributed by atoms with Crippen molar-refractivity contribution in [3.05, 3.63) is 41.3 Å². The van der Waals surface area contributed by atoms with E-state index in [0.29, 0.717) is 12.2 Å². The Labute approximate surface area is 142 Å². The molecule has 1 aromatic carbocycles. The van der Waals surface area contributed by atoms with Crippen LogP contribution in [-0.4, -0.2) is 24.0 Å². The molecule has 0 saturated carbocycles. The minimum atomic E-state index is -4.72. The van der Waals surface area contributed by atoms with Gasteiger partial charge in [0.25, 0.3) is 0 Å². The Morgan fingerprint density at radius 3 is 2.48 bits per heavy atom. The molecule has 1 heterocycles. The van der Waals surface area contributed by atoms with Crippen molar-refractivity contribution in [3.63, 3.8) is 0 Å². The molecular weight excluding hydrogens is 337 g/mol. The van der Waals surface area contributed by atoms with Crippen LogP contribution < -0.4 is 15.8 Å². The SMILES string of the molecule is Cc1noc(C)c1C(C)CN=C(N)Nc1ccc(OC(F)(F)F)cc1.